The Balaban J connectivity index is 1.23. The van der Waals surface area contributed by atoms with Gasteiger partial charge in [-0.05, 0) is 69.1 Å². The van der Waals surface area contributed by atoms with E-state index in [0.717, 1.165) is 43.4 Å². The molecule has 0 radical (unpaired) electrons. The van der Waals surface area contributed by atoms with E-state index in [1.807, 2.05) is 0 Å². The molecule has 4 bridgehead atoms. The van der Waals surface area contributed by atoms with Gasteiger partial charge in [0.25, 0.3) is 0 Å². The van der Waals surface area contributed by atoms with Gasteiger partial charge in [-0.3, -0.25) is 9.59 Å². The van der Waals surface area contributed by atoms with Crippen molar-refractivity contribution in [2.75, 3.05) is 19.8 Å². The maximum atomic E-state index is 12.6. The Morgan fingerprint density at radius 1 is 0.933 bits per heavy atom. The number of rotatable bonds is 7. The third-order valence-corrected chi connectivity index (χ3v) is 7.58. The van der Waals surface area contributed by atoms with Crippen LogP contribution < -0.4 is 5.32 Å². The van der Waals surface area contributed by atoms with Gasteiger partial charge < -0.3 is 14.8 Å². The molecule has 5 fully saturated rings. The highest BCUT2D eigenvalue weighted by Gasteiger charge is 2.51. The van der Waals surface area contributed by atoms with Crippen molar-refractivity contribution in [2.45, 2.75) is 76.0 Å². The summed E-state index contributed by atoms with van der Waals surface area (Å²) in [6.45, 7) is -0.801. The lowest BCUT2D eigenvalue weighted by atomic mass is 9.54. The summed E-state index contributed by atoms with van der Waals surface area (Å²) in [5, 5.41) is 2.85. The van der Waals surface area contributed by atoms with Crippen molar-refractivity contribution in [1.82, 2.24) is 5.32 Å². The van der Waals surface area contributed by atoms with E-state index >= 15 is 0 Å². The predicted molar refractivity (Wildman–Crippen MR) is 102 cm³/mol. The average molecular weight is 431 g/mol. The molecular weight excluding hydrogens is 399 g/mol. The highest BCUT2D eigenvalue weighted by molar-refractivity contribution is 5.85. The topological polar surface area (TPSA) is 64.6 Å². The summed E-state index contributed by atoms with van der Waals surface area (Å²) < 4.78 is 47.7. The van der Waals surface area contributed by atoms with Gasteiger partial charge in [0.15, 0.2) is 6.61 Å². The molecule has 170 valence electrons. The largest absolute Gasteiger partial charge is 0.456 e. The van der Waals surface area contributed by atoms with Crippen LogP contribution in [0.5, 0.6) is 0 Å². The number of ether oxygens (including phenoxy) is 2. The number of hydrogen-bond donors (Lipinski definition) is 1. The van der Waals surface area contributed by atoms with Crippen molar-refractivity contribution in [2.24, 2.45) is 29.6 Å². The number of carbonyl (C=O) groups excluding carboxylic acids is 2. The molecule has 5 rings (SSSR count). The van der Waals surface area contributed by atoms with Gasteiger partial charge in [-0.2, -0.15) is 13.2 Å². The monoisotopic (exact) mass is 431 g/mol. The van der Waals surface area contributed by atoms with Crippen molar-refractivity contribution < 1.29 is 32.2 Å². The molecule has 5 nitrogen and oxygen atoms in total. The molecule has 0 aliphatic heterocycles. The predicted octanol–water partition coefficient (Wildman–Crippen LogP) is 4.00. The molecule has 5 saturated carbocycles. The van der Waals surface area contributed by atoms with Crippen molar-refractivity contribution in [3.63, 3.8) is 0 Å². The van der Waals surface area contributed by atoms with Crippen LogP contribution >= 0.6 is 0 Å². The molecule has 0 aromatic heterocycles. The molecule has 0 heterocycles. The Kier molecular flexibility index (Phi) is 6.33. The van der Waals surface area contributed by atoms with Gasteiger partial charge in [0, 0.05) is 6.54 Å². The van der Waals surface area contributed by atoms with Crippen molar-refractivity contribution in [1.29, 1.82) is 0 Å². The molecule has 0 aromatic rings. The zero-order valence-electron chi connectivity index (χ0n) is 17.3. The fraction of sp³-hybridized carbons (Fsp3) is 0.909. The van der Waals surface area contributed by atoms with Crippen molar-refractivity contribution in [3.8, 4) is 0 Å². The quantitative estimate of drug-likeness (QED) is 0.489. The fourth-order valence-corrected chi connectivity index (χ4v) is 6.77. The SMILES string of the molecule is O=C(NCCOC12CC3CC(CC(C3)C1)C2)[C@@H]1CCCC[C@H]1C(=O)OCC(F)(F)F. The van der Waals surface area contributed by atoms with Crippen molar-refractivity contribution >= 4 is 11.9 Å². The first-order valence-electron chi connectivity index (χ1n) is 11.4. The molecule has 1 N–H and O–H groups in total. The molecule has 0 aromatic carbocycles. The normalized spacial score (nSPS) is 37.8. The van der Waals surface area contributed by atoms with Gasteiger partial charge in [-0.1, -0.05) is 12.8 Å². The summed E-state index contributed by atoms with van der Waals surface area (Å²) >= 11 is 0. The maximum absolute atomic E-state index is 12.6. The average Bonchev–Trinajstić information content (AvgIpc) is 2.67. The lowest BCUT2D eigenvalue weighted by Crippen LogP contribution is -2.52. The summed E-state index contributed by atoms with van der Waals surface area (Å²) in [7, 11) is 0. The lowest BCUT2D eigenvalue weighted by molar-refractivity contribution is -0.191. The van der Waals surface area contributed by atoms with Gasteiger partial charge >= 0.3 is 12.1 Å². The van der Waals surface area contributed by atoms with E-state index in [1.54, 1.807) is 0 Å². The minimum Gasteiger partial charge on any atom is -0.456 e. The van der Waals surface area contributed by atoms with Crippen LogP contribution in [0.25, 0.3) is 0 Å². The second-order valence-corrected chi connectivity index (χ2v) is 9.96. The van der Waals surface area contributed by atoms with Crippen LogP contribution in [-0.4, -0.2) is 43.4 Å². The Bertz CT molecular complexity index is 615. The van der Waals surface area contributed by atoms with Gasteiger partial charge in [0.1, 0.15) is 0 Å². The first-order chi connectivity index (χ1) is 14.2. The van der Waals surface area contributed by atoms with E-state index < -0.39 is 30.6 Å². The summed E-state index contributed by atoms with van der Waals surface area (Å²) in [5.41, 5.74) is -0.0196. The highest BCUT2D eigenvalue weighted by atomic mass is 19.4. The molecule has 5 aliphatic carbocycles. The molecule has 2 atom stereocenters. The molecule has 8 heteroatoms. The summed E-state index contributed by atoms with van der Waals surface area (Å²) in [5.74, 6) is -0.261. The first kappa shape index (κ1) is 21.9. The summed E-state index contributed by atoms with van der Waals surface area (Å²) in [6, 6.07) is 0. The van der Waals surface area contributed by atoms with Crippen LogP contribution in [0, 0.1) is 29.6 Å². The Hall–Kier alpha value is -1.31. The number of carbonyl (C=O) groups is 2. The first-order valence-corrected chi connectivity index (χ1v) is 11.4. The zero-order valence-corrected chi connectivity index (χ0v) is 17.3. The number of hydrogen-bond acceptors (Lipinski definition) is 4. The van der Waals surface area contributed by atoms with Crippen LogP contribution in [0.4, 0.5) is 13.2 Å². The van der Waals surface area contributed by atoms with Gasteiger partial charge in [-0.25, -0.2) is 0 Å². The van der Waals surface area contributed by atoms with Gasteiger partial charge in [-0.15, -0.1) is 0 Å². The number of esters is 1. The summed E-state index contributed by atoms with van der Waals surface area (Å²) in [6.07, 6.45) is 5.22. The molecule has 5 aliphatic rings. The van der Waals surface area contributed by atoms with Crippen LogP contribution in [-0.2, 0) is 19.1 Å². The van der Waals surface area contributed by atoms with Crippen LogP contribution in [0.2, 0.25) is 0 Å². The third kappa shape index (κ3) is 5.11. The number of alkyl halides is 3. The molecule has 0 spiro atoms. The second-order valence-electron chi connectivity index (χ2n) is 9.96. The van der Waals surface area contributed by atoms with E-state index in [0.29, 0.717) is 32.4 Å². The highest BCUT2D eigenvalue weighted by Crippen LogP contribution is 2.57. The lowest BCUT2D eigenvalue weighted by Gasteiger charge is -2.56. The number of amides is 1. The standard InChI is InChI=1S/C22H32F3NO4/c23-22(24,25)13-29-20(28)18-4-2-1-3-17(18)19(27)26-5-6-30-21-10-14-7-15(11-21)9-16(8-14)12-21/h14-18H,1-13H2,(H,26,27)/t14?,15?,16?,17-,18-,21?/m1/s1. The maximum Gasteiger partial charge on any atom is 0.422 e. The van der Waals surface area contributed by atoms with E-state index in [1.165, 1.54) is 19.3 Å². The summed E-state index contributed by atoms with van der Waals surface area (Å²) in [4.78, 5) is 24.8. The molecule has 1 amide bonds. The van der Waals surface area contributed by atoms with Gasteiger partial charge in [0.05, 0.1) is 24.0 Å². The van der Waals surface area contributed by atoms with Crippen molar-refractivity contribution in [3.05, 3.63) is 0 Å². The Morgan fingerprint density at radius 2 is 1.50 bits per heavy atom. The second kappa shape index (κ2) is 8.67. The molecule has 0 saturated heterocycles. The van der Waals surface area contributed by atoms with Crippen LogP contribution in [0.3, 0.4) is 0 Å². The molecule has 0 unspecified atom stereocenters. The van der Waals surface area contributed by atoms with Gasteiger partial charge in [0.2, 0.25) is 5.91 Å². The minimum absolute atomic E-state index is 0.0196. The minimum atomic E-state index is -4.56. The number of nitrogens with one attached hydrogen (secondary N) is 1. The fourth-order valence-electron chi connectivity index (χ4n) is 6.77. The number of halogens is 3. The smallest absolute Gasteiger partial charge is 0.422 e. The Labute approximate surface area is 175 Å². The Morgan fingerprint density at radius 3 is 2.07 bits per heavy atom. The van der Waals surface area contributed by atoms with E-state index in [-0.39, 0.29) is 11.5 Å². The van der Waals surface area contributed by atoms with E-state index in [2.05, 4.69) is 10.1 Å². The van der Waals surface area contributed by atoms with Crippen LogP contribution in [0.1, 0.15) is 64.2 Å². The van der Waals surface area contributed by atoms with E-state index in [9.17, 15) is 22.8 Å². The zero-order chi connectivity index (χ0) is 21.4. The van der Waals surface area contributed by atoms with E-state index in [4.69, 9.17) is 4.74 Å². The molecular formula is C22H32F3NO4. The third-order valence-electron chi connectivity index (χ3n) is 7.58. The molecule has 30 heavy (non-hydrogen) atoms. The van der Waals surface area contributed by atoms with Crippen LogP contribution in [0.15, 0.2) is 0 Å².